The molecular weight excluding hydrogens is 399 g/mol. The van der Waals surface area contributed by atoms with Crippen molar-refractivity contribution in [2.75, 3.05) is 39.4 Å². The number of pyridine rings is 1. The highest BCUT2D eigenvalue weighted by atomic mass is 19.4. The molecule has 2 saturated heterocycles. The standard InChI is InChI=1S/C21H22F3N3O3/c22-21(23,24)18-15-3-1-2-4-17(15)25-13-16(18)20(29)26-7-5-14(6-8-26)19(28)27-9-11-30-12-10-27/h1-4,13-14H,5-12H2. The number of likely N-dealkylation sites (tertiary alicyclic amines) is 1. The minimum Gasteiger partial charge on any atom is -0.378 e. The number of fused-ring (bicyclic) bond motifs is 1. The fourth-order valence-electron chi connectivity index (χ4n) is 4.15. The van der Waals surface area contributed by atoms with E-state index in [0.717, 1.165) is 6.20 Å². The summed E-state index contributed by atoms with van der Waals surface area (Å²) in [6, 6.07) is 5.92. The second kappa shape index (κ2) is 8.22. The van der Waals surface area contributed by atoms with Crippen LogP contribution in [-0.2, 0) is 15.7 Å². The van der Waals surface area contributed by atoms with Gasteiger partial charge in [-0.15, -0.1) is 0 Å². The summed E-state index contributed by atoms with van der Waals surface area (Å²) in [5.41, 5.74) is -1.21. The Hall–Kier alpha value is -2.68. The summed E-state index contributed by atoms with van der Waals surface area (Å²) in [5.74, 6) is -0.879. The largest absolute Gasteiger partial charge is 0.417 e. The monoisotopic (exact) mass is 421 g/mol. The smallest absolute Gasteiger partial charge is 0.378 e. The number of halogens is 3. The third kappa shape index (κ3) is 3.98. The van der Waals surface area contributed by atoms with Gasteiger partial charge in [0.25, 0.3) is 5.91 Å². The Labute approximate surface area is 171 Å². The number of piperidine rings is 1. The molecule has 0 saturated carbocycles. The van der Waals surface area contributed by atoms with E-state index in [1.165, 1.54) is 23.1 Å². The number of rotatable bonds is 2. The molecule has 0 atom stereocenters. The number of hydrogen-bond acceptors (Lipinski definition) is 4. The van der Waals surface area contributed by atoms with Crippen molar-refractivity contribution in [2.45, 2.75) is 19.0 Å². The molecule has 0 spiro atoms. The van der Waals surface area contributed by atoms with Gasteiger partial charge in [-0.2, -0.15) is 13.2 Å². The van der Waals surface area contributed by atoms with Crippen LogP contribution >= 0.6 is 0 Å². The molecular formula is C21H22F3N3O3. The first kappa shape index (κ1) is 20.6. The molecule has 2 amide bonds. The molecule has 3 heterocycles. The number of carbonyl (C=O) groups excluding carboxylic acids is 2. The molecule has 4 rings (SSSR count). The summed E-state index contributed by atoms with van der Waals surface area (Å²) in [6.45, 7) is 2.61. The molecule has 160 valence electrons. The van der Waals surface area contributed by atoms with Crippen LogP contribution in [0.25, 0.3) is 10.9 Å². The van der Waals surface area contributed by atoms with Crippen molar-refractivity contribution in [3.05, 3.63) is 41.6 Å². The van der Waals surface area contributed by atoms with Gasteiger partial charge in [0.15, 0.2) is 0 Å². The number of alkyl halides is 3. The molecule has 0 radical (unpaired) electrons. The molecule has 0 aliphatic carbocycles. The minimum absolute atomic E-state index is 0.0359. The highest BCUT2D eigenvalue weighted by Crippen LogP contribution is 2.37. The van der Waals surface area contributed by atoms with E-state index in [0.29, 0.717) is 39.1 Å². The van der Waals surface area contributed by atoms with Crippen LogP contribution < -0.4 is 0 Å². The quantitative estimate of drug-likeness (QED) is 0.748. The lowest BCUT2D eigenvalue weighted by molar-refractivity contribution is -0.141. The van der Waals surface area contributed by atoms with Crippen LogP contribution in [-0.4, -0.2) is 66.0 Å². The predicted molar refractivity (Wildman–Crippen MR) is 103 cm³/mol. The molecule has 9 heteroatoms. The Morgan fingerprint density at radius 2 is 1.67 bits per heavy atom. The lowest BCUT2D eigenvalue weighted by Gasteiger charge is -2.35. The van der Waals surface area contributed by atoms with Crippen molar-refractivity contribution in [1.29, 1.82) is 0 Å². The highest BCUT2D eigenvalue weighted by Gasteiger charge is 2.39. The van der Waals surface area contributed by atoms with Crippen molar-refractivity contribution in [3.8, 4) is 0 Å². The molecule has 2 aliphatic rings. The van der Waals surface area contributed by atoms with Crippen LogP contribution in [0.15, 0.2) is 30.5 Å². The SMILES string of the molecule is O=C(c1cnc2ccccc2c1C(F)(F)F)N1CCC(C(=O)N2CCOCC2)CC1. The maximum Gasteiger partial charge on any atom is 0.417 e. The topological polar surface area (TPSA) is 62.7 Å². The van der Waals surface area contributed by atoms with Crippen LogP contribution in [0.1, 0.15) is 28.8 Å². The first-order chi connectivity index (χ1) is 14.4. The molecule has 0 bridgehead atoms. The second-order valence-corrected chi connectivity index (χ2v) is 7.57. The third-order valence-corrected chi connectivity index (χ3v) is 5.74. The summed E-state index contributed by atoms with van der Waals surface area (Å²) in [6.07, 6.45) is -2.80. The molecule has 0 N–H and O–H groups in total. The number of aromatic nitrogens is 1. The predicted octanol–water partition coefficient (Wildman–Crippen LogP) is 2.96. The molecule has 2 fully saturated rings. The average Bonchev–Trinajstić information content (AvgIpc) is 2.77. The van der Waals surface area contributed by atoms with Crippen LogP contribution in [0.5, 0.6) is 0 Å². The summed E-state index contributed by atoms with van der Waals surface area (Å²) in [5, 5.41) is -0.0896. The van der Waals surface area contributed by atoms with Crippen LogP contribution in [0.3, 0.4) is 0 Å². The molecule has 2 aliphatic heterocycles. The Bertz CT molecular complexity index is 949. The Balaban J connectivity index is 1.52. The zero-order valence-corrected chi connectivity index (χ0v) is 16.3. The number of carbonyl (C=O) groups is 2. The summed E-state index contributed by atoms with van der Waals surface area (Å²) in [7, 11) is 0. The Morgan fingerprint density at radius 1 is 1.00 bits per heavy atom. The van der Waals surface area contributed by atoms with E-state index in [4.69, 9.17) is 4.74 Å². The van der Waals surface area contributed by atoms with E-state index < -0.39 is 23.2 Å². The van der Waals surface area contributed by atoms with Crippen molar-refractivity contribution in [3.63, 3.8) is 0 Å². The number of nitrogens with zero attached hydrogens (tertiary/aromatic N) is 3. The highest BCUT2D eigenvalue weighted by molar-refractivity contribution is 6.00. The maximum absolute atomic E-state index is 13.8. The van der Waals surface area contributed by atoms with Gasteiger partial charge in [-0.05, 0) is 18.9 Å². The van der Waals surface area contributed by atoms with Gasteiger partial charge >= 0.3 is 6.18 Å². The number of morpholine rings is 1. The van der Waals surface area contributed by atoms with E-state index in [-0.39, 0.29) is 35.8 Å². The maximum atomic E-state index is 13.8. The van der Waals surface area contributed by atoms with Crippen LogP contribution in [0.2, 0.25) is 0 Å². The summed E-state index contributed by atoms with van der Waals surface area (Å²) >= 11 is 0. The Kier molecular flexibility index (Phi) is 5.64. The normalized spacial score (nSPS) is 18.6. The van der Waals surface area contributed by atoms with Gasteiger partial charge in [-0.1, -0.05) is 18.2 Å². The number of ether oxygens (including phenoxy) is 1. The van der Waals surface area contributed by atoms with Crippen LogP contribution in [0, 0.1) is 5.92 Å². The second-order valence-electron chi connectivity index (χ2n) is 7.57. The number of amides is 2. The molecule has 30 heavy (non-hydrogen) atoms. The van der Waals surface area contributed by atoms with E-state index in [9.17, 15) is 22.8 Å². The zero-order valence-electron chi connectivity index (χ0n) is 16.3. The van der Waals surface area contributed by atoms with Crippen molar-refractivity contribution in [2.24, 2.45) is 5.92 Å². The fraction of sp³-hybridized carbons (Fsp3) is 0.476. The van der Waals surface area contributed by atoms with Gasteiger partial charge in [0, 0.05) is 43.7 Å². The van der Waals surface area contributed by atoms with Gasteiger partial charge in [0.05, 0.1) is 29.9 Å². The third-order valence-electron chi connectivity index (χ3n) is 5.74. The fourth-order valence-corrected chi connectivity index (χ4v) is 4.15. The molecule has 1 aromatic heterocycles. The molecule has 6 nitrogen and oxygen atoms in total. The van der Waals surface area contributed by atoms with E-state index in [1.807, 2.05) is 0 Å². The van der Waals surface area contributed by atoms with Crippen LogP contribution in [0.4, 0.5) is 13.2 Å². The van der Waals surface area contributed by atoms with Crippen molar-refractivity contribution < 1.29 is 27.5 Å². The van der Waals surface area contributed by atoms with E-state index in [2.05, 4.69) is 4.98 Å². The minimum atomic E-state index is -4.68. The van der Waals surface area contributed by atoms with Crippen molar-refractivity contribution in [1.82, 2.24) is 14.8 Å². The number of hydrogen-bond donors (Lipinski definition) is 0. The van der Waals surface area contributed by atoms with Gasteiger partial charge < -0.3 is 14.5 Å². The summed E-state index contributed by atoms with van der Waals surface area (Å²) < 4.78 is 46.7. The van der Waals surface area contributed by atoms with Gasteiger partial charge in [0.2, 0.25) is 5.91 Å². The van der Waals surface area contributed by atoms with Crippen molar-refractivity contribution >= 4 is 22.7 Å². The summed E-state index contributed by atoms with van der Waals surface area (Å²) in [4.78, 5) is 32.8. The molecule has 2 aromatic rings. The van der Waals surface area contributed by atoms with Gasteiger partial charge in [0.1, 0.15) is 0 Å². The number of benzene rings is 1. The first-order valence-corrected chi connectivity index (χ1v) is 9.97. The lowest BCUT2D eigenvalue weighted by atomic mass is 9.94. The van der Waals surface area contributed by atoms with E-state index >= 15 is 0 Å². The van der Waals surface area contributed by atoms with Gasteiger partial charge in [-0.3, -0.25) is 14.6 Å². The lowest BCUT2D eigenvalue weighted by Crippen LogP contribution is -2.47. The zero-order chi connectivity index (χ0) is 21.3. The molecule has 0 unspecified atom stereocenters. The average molecular weight is 421 g/mol. The van der Waals surface area contributed by atoms with Gasteiger partial charge in [-0.25, -0.2) is 0 Å². The first-order valence-electron chi connectivity index (χ1n) is 9.97. The Morgan fingerprint density at radius 3 is 2.33 bits per heavy atom. The molecule has 1 aromatic carbocycles. The van der Waals surface area contributed by atoms with E-state index in [1.54, 1.807) is 11.0 Å². The number of para-hydroxylation sites is 1.